The Morgan fingerprint density at radius 2 is 1.82 bits per heavy atom. The summed E-state index contributed by atoms with van der Waals surface area (Å²) in [6, 6.07) is 5.14. The van der Waals surface area contributed by atoms with Crippen molar-refractivity contribution >= 4 is 39.1 Å². The molecule has 13 heteroatoms. The number of rotatable bonds is 5. The number of hydrogen-bond donors (Lipinski definition) is 2. The molecule has 230 valence electrons. The fourth-order valence-electron chi connectivity index (χ4n) is 7.78. The number of alkyl halides is 1. The maximum Gasteiger partial charge on any atom is 0.319 e. The summed E-state index contributed by atoms with van der Waals surface area (Å²) < 4.78 is 66.4. The lowest BCUT2D eigenvalue weighted by Gasteiger charge is -2.35. The Labute approximate surface area is 255 Å². The Bertz CT molecular complexity index is 1820. The van der Waals surface area contributed by atoms with Crippen LogP contribution in [-0.4, -0.2) is 81.5 Å². The predicted octanol–water partition coefficient (Wildman–Crippen LogP) is 5.52. The second kappa shape index (κ2) is 10.3. The molecule has 4 aromatic rings. The number of phenolic OH excluding ortho intramolecular Hbond substituents is 1. The van der Waals surface area contributed by atoms with Crippen LogP contribution in [0.15, 0.2) is 24.3 Å². The molecule has 2 aromatic carbocycles. The first kappa shape index (κ1) is 28.0. The van der Waals surface area contributed by atoms with Crippen molar-refractivity contribution in [3.8, 4) is 23.0 Å². The number of ether oxygens (including phenoxy) is 1. The zero-order valence-electron chi connectivity index (χ0n) is 23.6. The summed E-state index contributed by atoms with van der Waals surface area (Å²) in [6.07, 6.45) is 3.02. The molecule has 0 aliphatic carbocycles. The Hall–Kier alpha value is -3.48. The largest absolute Gasteiger partial charge is 0.508 e. The number of fused-ring (bicyclic) bond motifs is 5. The lowest BCUT2D eigenvalue weighted by molar-refractivity contribution is 0.107. The average Bonchev–Trinajstić information content (AvgIpc) is 3.65. The molecule has 4 aliphatic heterocycles. The number of pyridine rings is 1. The smallest absolute Gasteiger partial charge is 0.319 e. The highest BCUT2D eigenvalue weighted by Crippen LogP contribution is 2.44. The van der Waals surface area contributed by atoms with Crippen LogP contribution >= 0.6 is 11.6 Å². The van der Waals surface area contributed by atoms with Crippen LogP contribution < -0.4 is 15.0 Å². The Kier molecular flexibility index (Phi) is 6.55. The first-order valence-corrected chi connectivity index (χ1v) is 15.3. The summed E-state index contributed by atoms with van der Waals surface area (Å²) in [5.41, 5.74) is -0.662. The van der Waals surface area contributed by atoms with E-state index < -0.39 is 34.3 Å². The van der Waals surface area contributed by atoms with Crippen molar-refractivity contribution in [3.63, 3.8) is 0 Å². The van der Waals surface area contributed by atoms with Crippen molar-refractivity contribution in [3.05, 3.63) is 46.9 Å². The molecular formula is C31H29ClF4N6O2. The molecule has 2 bridgehead atoms. The van der Waals surface area contributed by atoms with Gasteiger partial charge in [0.15, 0.2) is 22.6 Å². The standard InChI is InChI=1S/C31H29ClF4N6O2/c32-28-25(36)27-23(26(38-28)20-9-19(43)8-15-2-5-21(34)24(35)22(15)20)29(41-12-17-3-4-18(13-41)37-17)40-30(39-27)44-14-31-6-1-7-42(31)11-16(33)10-31/h2,5,8-9,16-18,37,43H,1,3-4,6-7,10-14H2/t16-,17-,18+,31+/m1/s1. The highest BCUT2D eigenvalue weighted by Gasteiger charge is 2.49. The lowest BCUT2D eigenvalue weighted by Crippen LogP contribution is -2.51. The summed E-state index contributed by atoms with van der Waals surface area (Å²) >= 11 is 6.33. The van der Waals surface area contributed by atoms with Gasteiger partial charge >= 0.3 is 6.01 Å². The second-order valence-corrected chi connectivity index (χ2v) is 12.8. The van der Waals surface area contributed by atoms with E-state index >= 15 is 8.78 Å². The fourth-order valence-corrected chi connectivity index (χ4v) is 7.95. The minimum Gasteiger partial charge on any atom is -0.508 e. The van der Waals surface area contributed by atoms with E-state index in [9.17, 15) is 13.9 Å². The summed E-state index contributed by atoms with van der Waals surface area (Å²) in [5, 5.41) is 13.8. The van der Waals surface area contributed by atoms with Crippen LogP contribution in [0.4, 0.5) is 23.4 Å². The molecular weight excluding hydrogens is 600 g/mol. The van der Waals surface area contributed by atoms with Crippen molar-refractivity contribution in [2.45, 2.75) is 55.9 Å². The van der Waals surface area contributed by atoms with Crippen molar-refractivity contribution < 1.29 is 27.4 Å². The first-order valence-electron chi connectivity index (χ1n) is 14.9. The molecule has 4 aliphatic rings. The molecule has 2 aromatic heterocycles. The monoisotopic (exact) mass is 628 g/mol. The Morgan fingerprint density at radius 1 is 1.02 bits per heavy atom. The maximum atomic E-state index is 15.9. The minimum atomic E-state index is -1.14. The van der Waals surface area contributed by atoms with E-state index in [2.05, 4.69) is 20.2 Å². The van der Waals surface area contributed by atoms with Crippen molar-refractivity contribution in [2.24, 2.45) is 0 Å². The normalized spacial score (nSPS) is 26.7. The first-order chi connectivity index (χ1) is 21.2. The number of piperazine rings is 1. The highest BCUT2D eigenvalue weighted by molar-refractivity contribution is 6.30. The topological polar surface area (TPSA) is 86.6 Å². The summed E-state index contributed by atoms with van der Waals surface area (Å²) in [4.78, 5) is 17.6. The highest BCUT2D eigenvalue weighted by atomic mass is 35.5. The van der Waals surface area contributed by atoms with Gasteiger partial charge in [0.2, 0.25) is 0 Å². The summed E-state index contributed by atoms with van der Waals surface area (Å²) in [5.74, 6) is -3.06. The van der Waals surface area contributed by atoms with Gasteiger partial charge in [-0.3, -0.25) is 4.90 Å². The molecule has 6 heterocycles. The van der Waals surface area contributed by atoms with Crippen LogP contribution in [-0.2, 0) is 0 Å². The molecule has 2 N–H and O–H groups in total. The van der Waals surface area contributed by atoms with Gasteiger partial charge in [-0.2, -0.15) is 9.97 Å². The number of nitrogens with zero attached hydrogens (tertiary/aromatic N) is 5. The van der Waals surface area contributed by atoms with Gasteiger partial charge in [0.25, 0.3) is 0 Å². The molecule has 0 unspecified atom stereocenters. The second-order valence-electron chi connectivity index (χ2n) is 12.5. The number of nitrogens with one attached hydrogen (secondary N) is 1. The van der Waals surface area contributed by atoms with Gasteiger partial charge in [-0.15, -0.1) is 0 Å². The molecule has 0 spiro atoms. The average molecular weight is 629 g/mol. The van der Waals surface area contributed by atoms with E-state index in [1.165, 1.54) is 18.2 Å². The van der Waals surface area contributed by atoms with Crippen LogP contribution in [0.1, 0.15) is 32.1 Å². The van der Waals surface area contributed by atoms with E-state index in [-0.39, 0.29) is 63.4 Å². The van der Waals surface area contributed by atoms with Gasteiger partial charge in [0.05, 0.1) is 16.6 Å². The minimum absolute atomic E-state index is 0.000792. The van der Waals surface area contributed by atoms with Crippen LogP contribution in [0.2, 0.25) is 5.15 Å². The third kappa shape index (κ3) is 4.44. The molecule has 44 heavy (non-hydrogen) atoms. The quantitative estimate of drug-likeness (QED) is 0.221. The molecule has 0 saturated carbocycles. The number of hydrogen-bond acceptors (Lipinski definition) is 8. The fraction of sp³-hybridized carbons (Fsp3) is 0.452. The molecule has 0 amide bonds. The molecule has 8 nitrogen and oxygen atoms in total. The summed E-state index contributed by atoms with van der Waals surface area (Å²) in [6.45, 7) is 2.38. The third-order valence-electron chi connectivity index (χ3n) is 9.70. The van der Waals surface area contributed by atoms with E-state index in [1.807, 2.05) is 4.90 Å². The lowest BCUT2D eigenvalue weighted by atomic mass is 9.95. The van der Waals surface area contributed by atoms with Crippen molar-refractivity contribution in [2.75, 3.05) is 37.7 Å². The zero-order valence-corrected chi connectivity index (χ0v) is 24.3. The number of benzene rings is 2. The predicted molar refractivity (Wildman–Crippen MR) is 158 cm³/mol. The third-order valence-corrected chi connectivity index (χ3v) is 9.95. The molecule has 8 rings (SSSR count). The van der Waals surface area contributed by atoms with Crippen LogP contribution in [0, 0.1) is 17.5 Å². The van der Waals surface area contributed by atoms with E-state index in [4.69, 9.17) is 21.3 Å². The van der Waals surface area contributed by atoms with E-state index in [1.54, 1.807) is 0 Å². The number of phenols is 1. The van der Waals surface area contributed by atoms with Crippen molar-refractivity contribution in [1.82, 2.24) is 25.2 Å². The van der Waals surface area contributed by atoms with Gasteiger partial charge in [-0.05, 0) is 55.8 Å². The van der Waals surface area contributed by atoms with Crippen molar-refractivity contribution in [1.29, 1.82) is 0 Å². The number of aromatic hydroxyl groups is 1. The van der Waals surface area contributed by atoms with Gasteiger partial charge in [0, 0.05) is 49.1 Å². The number of anilines is 1. The van der Waals surface area contributed by atoms with Gasteiger partial charge < -0.3 is 20.1 Å². The van der Waals surface area contributed by atoms with E-state index in [0.717, 1.165) is 38.3 Å². The number of halogens is 5. The van der Waals surface area contributed by atoms with Gasteiger partial charge in [0.1, 0.15) is 29.9 Å². The molecule has 4 fully saturated rings. The van der Waals surface area contributed by atoms with Crippen LogP contribution in [0.3, 0.4) is 0 Å². The van der Waals surface area contributed by atoms with Crippen LogP contribution in [0.5, 0.6) is 11.8 Å². The molecule has 4 atom stereocenters. The van der Waals surface area contributed by atoms with Gasteiger partial charge in [-0.25, -0.2) is 22.5 Å². The SMILES string of the molecule is Oc1cc(-c2nc(Cl)c(F)c3nc(OC[C@@]45CCCN4C[C@H](F)C5)nc(N4C[C@H]5CC[C@@H](C4)N5)c23)c2c(F)c(F)ccc2c1. The Balaban J connectivity index is 1.34. The molecule has 4 saturated heterocycles. The molecule has 0 radical (unpaired) electrons. The Morgan fingerprint density at radius 3 is 2.61 bits per heavy atom. The zero-order chi connectivity index (χ0) is 30.3. The number of aromatic nitrogens is 3. The van der Waals surface area contributed by atoms with Gasteiger partial charge in [-0.1, -0.05) is 17.7 Å². The summed E-state index contributed by atoms with van der Waals surface area (Å²) in [7, 11) is 0. The van der Waals surface area contributed by atoms with Crippen LogP contribution in [0.25, 0.3) is 32.9 Å². The van der Waals surface area contributed by atoms with E-state index in [0.29, 0.717) is 31.9 Å². The maximum absolute atomic E-state index is 15.9.